The van der Waals surface area contributed by atoms with E-state index in [1.54, 1.807) is 11.8 Å². The molecule has 2 atom stereocenters. The summed E-state index contributed by atoms with van der Waals surface area (Å²) in [4.78, 5) is 14.5. The van der Waals surface area contributed by atoms with Crippen molar-refractivity contribution in [3.05, 3.63) is 35.4 Å². The maximum atomic E-state index is 12.5. The van der Waals surface area contributed by atoms with E-state index in [9.17, 15) is 4.79 Å². The maximum absolute atomic E-state index is 12.5. The quantitative estimate of drug-likeness (QED) is 0.818. The number of amides is 1. The highest BCUT2D eigenvalue weighted by atomic mass is 32.2. The number of nitrogens with one attached hydrogen (secondary N) is 1. The minimum absolute atomic E-state index is 0.121. The molecule has 20 heavy (non-hydrogen) atoms. The first-order chi connectivity index (χ1) is 9.67. The van der Waals surface area contributed by atoms with Crippen LogP contribution in [0.3, 0.4) is 0 Å². The standard InChI is InChI=1S/C16H24N2OS/c1-4-14-15(19)18(11-5-10-17-3)16(20-14)13-8-6-12(2)7-9-13/h6-9,14,16-17H,4-5,10-11H2,1-3H3/t14-,16-/m1/s1. The Kier molecular flexibility index (Phi) is 5.49. The normalized spacial score (nSPS) is 22.6. The van der Waals surface area contributed by atoms with Crippen molar-refractivity contribution in [1.29, 1.82) is 0 Å². The summed E-state index contributed by atoms with van der Waals surface area (Å²) in [5, 5.41) is 3.46. The van der Waals surface area contributed by atoms with Crippen molar-refractivity contribution in [3.63, 3.8) is 0 Å². The van der Waals surface area contributed by atoms with Crippen molar-refractivity contribution < 1.29 is 4.79 Å². The molecule has 1 amide bonds. The van der Waals surface area contributed by atoms with Crippen LogP contribution in [-0.2, 0) is 4.79 Å². The topological polar surface area (TPSA) is 32.3 Å². The molecule has 1 fully saturated rings. The Morgan fingerprint density at radius 2 is 2.00 bits per heavy atom. The first-order valence-corrected chi connectivity index (χ1v) is 8.28. The van der Waals surface area contributed by atoms with Crippen LogP contribution in [-0.4, -0.2) is 36.2 Å². The summed E-state index contributed by atoms with van der Waals surface area (Å²) in [6.45, 7) is 5.97. The van der Waals surface area contributed by atoms with Gasteiger partial charge in [-0.15, -0.1) is 11.8 Å². The fourth-order valence-electron chi connectivity index (χ4n) is 2.50. The van der Waals surface area contributed by atoms with Crippen molar-refractivity contribution in [2.24, 2.45) is 0 Å². The SMILES string of the molecule is CC[C@H]1S[C@H](c2ccc(C)cc2)N(CCCNC)C1=O. The van der Waals surface area contributed by atoms with Gasteiger partial charge in [0, 0.05) is 6.54 Å². The molecule has 0 aromatic heterocycles. The molecule has 1 N–H and O–H groups in total. The molecule has 1 aromatic rings. The van der Waals surface area contributed by atoms with Crippen LogP contribution in [0.1, 0.15) is 36.3 Å². The van der Waals surface area contributed by atoms with Gasteiger partial charge in [-0.3, -0.25) is 4.79 Å². The summed E-state index contributed by atoms with van der Waals surface area (Å²) in [6.07, 6.45) is 1.91. The van der Waals surface area contributed by atoms with Crippen LogP contribution < -0.4 is 5.32 Å². The van der Waals surface area contributed by atoms with Gasteiger partial charge in [0.2, 0.25) is 5.91 Å². The average molecular weight is 292 g/mol. The average Bonchev–Trinajstić information content (AvgIpc) is 2.77. The molecule has 1 aliphatic heterocycles. The lowest BCUT2D eigenvalue weighted by Gasteiger charge is -2.24. The van der Waals surface area contributed by atoms with E-state index in [1.807, 2.05) is 7.05 Å². The highest BCUT2D eigenvalue weighted by molar-refractivity contribution is 8.01. The van der Waals surface area contributed by atoms with Crippen LogP contribution in [0.2, 0.25) is 0 Å². The molecule has 1 saturated heterocycles. The predicted molar refractivity (Wildman–Crippen MR) is 85.8 cm³/mol. The number of thioether (sulfide) groups is 1. The van der Waals surface area contributed by atoms with Crippen molar-refractivity contribution >= 4 is 17.7 Å². The summed E-state index contributed by atoms with van der Waals surface area (Å²) in [5.41, 5.74) is 2.51. The monoisotopic (exact) mass is 292 g/mol. The van der Waals surface area contributed by atoms with Gasteiger partial charge in [-0.25, -0.2) is 0 Å². The second-order valence-electron chi connectivity index (χ2n) is 5.28. The zero-order valence-electron chi connectivity index (χ0n) is 12.6. The van der Waals surface area contributed by atoms with Crippen molar-refractivity contribution in [2.45, 2.75) is 37.3 Å². The van der Waals surface area contributed by atoms with E-state index >= 15 is 0 Å². The Labute approximate surface area is 126 Å². The van der Waals surface area contributed by atoms with Crippen LogP contribution in [0.15, 0.2) is 24.3 Å². The van der Waals surface area contributed by atoms with E-state index in [1.165, 1.54) is 11.1 Å². The molecule has 110 valence electrons. The molecule has 0 spiro atoms. The molecule has 1 aliphatic rings. The van der Waals surface area contributed by atoms with Crippen LogP contribution >= 0.6 is 11.8 Å². The number of carbonyl (C=O) groups excluding carboxylic acids is 1. The zero-order chi connectivity index (χ0) is 14.5. The second kappa shape index (κ2) is 7.14. The Morgan fingerprint density at radius 3 is 2.60 bits per heavy atom. The lowest BCUT2D eigenvalue weighted by atomic mass is 10.1. The minimum atomic E-state index is 0.121. The summed E-state index contributed by atoms with van der Waals surface area (Å²) >= 11 is 1.80. The van der Waals surface area contributed by atoms with E-state index < -0.39 is 0 Å². The van der Waals surface area contributed by atoms with E-state index in [4.69, 9.17) is 0 Å². The van der Waals surface area contributed by atoms with Gasteiger partial charge < -0.3 is 10.2 Å². The van der Waals surface area contributed by atoms with Crippen molar-refractivity contribution in [3.8, 4) is 0 Å². The van der Waals surface area contributed by atoms with E-state index in [0.717, 1.165) is 25.9 Å². The van der Waals surface area contributed by atoms with Gasteiger partial charge in [-0.1, -0.05) is 36.8 Å². The zero-order valence-corrected chi connectivity index (χ0v) is 13.4. The Hall–Kier alpha value is -1.00. The smallest absolute Gasteiger partial charge is 0.236 e. The number of carbonyl (C=O) groups is 1. The Bertz CT molecular complexity index is 446. The fourth-order valence-corrected chi connectivity index (χ4v) is 3.93. The molecule has 3 nitrogen and oxygen atoms in total. The first-order valence-electron chi connectivity index (χ1n) is 7.34. The Morgan fingerprint density at radius 1 is 1.30 bits per heavy atom. The molecular formula is C16H24N2OS. The van der Waals surface area contributed by atoms with Gasteiger partial charge in [0.25, 0.3) is 0 Å². The maximum Gasteiger partial charge on any atom is 0.236 e. The highest BCUT2D eigenvalue weighted by Gasteiger charge is 2.39. The third-order valence-corrected chi connectivity index (χ3v) is 5.34. The molecule has 0 unspecified atom stereocenters. The van der Waals surface area contributed by atoms with Crippen LogP contribution in [0.5, 0.6) is 0 Å². The molecule has 0 radical (unpaired) electrons. The number of nitrogens with zero attached hydrogens (tertiary/aromatic N) is 1. The van der Waals surface area contributed by atoms with Gasteiger partial charge in [0.1, 0.15) is 5.37 Å². The van der Waals surface area contributed by atoms with Crippen LogP contribution in [0.25, 0.3) is 0 Å². The van der Waals surface area contributed by atoms with Crippen LogP contribution in [0.4, 0.5) is 0 Å². The van der Waals surface area contributed by atoms with Crippen molar-refractivity contribution in [2.75, 3.05) is 20.1 Å². The number of aryl methyl sites for hydroxylation is 1. The first kappa shape index (κ1) is 15.4. The van der Waals surface area contributed by atoms with Gasteiger partial charge in [-0.2, -0.15) is 0 Å². The van der Waals surface area contributed by atoms with E-state index in [-0.39, 0.29) is 10.6 Å². The number of hydrogen-bond donors (Lipinski definition) is 1. The summed E-state index contributed by atoms with van der Waals surface area (Å²) < 4.78 is 0. The molecule has 0 saturated carbocycles. The second-order valence-corrected chi connectivity index (χ2v) is 6.57. The molecular weight excluding hydrogens is 268 g/mol. The highest BCUT2D eigenvalue weighted by Crippen LogP contribution is 2.44. The van der Waals surface area contributed by atoms with Gasteiger partial charge >= 0.3 is 0 Å². The largest absolute Gasteiger partial charge is 0.326 e. The number of benzene rings is 1. The molecule has 0 aliphatic carbocycles. The molecule has 1 aromatic carbocycles. The Balaban J connectivity index is 2.15. The lowest BCUT2D eigenvalue weighted by molar-refractivity contribution is -0.130. The minimum Gasteiger partial charge on any atom is -0.326 e. The van der Waals surface area contributed by atoms with Crippen molar-refractivity contribution in [1.82, 2.24) is 10.2 Å². The molecule has 2 rings (SSSR count). The van der Waals surface area contributed by atoms with E-state index in [2.05, 4.69) is 48.3 Å². The number of rotatable bonds is 6. The lowest BCUT2D eigenvalue weighted by Crippen LogP contribution is -2.33. The van der Waals surface area contributed by atoms with E-state index in [0.29, 0.717) is 5.91 Å². The number of hydrogen-bond acceptors (Lipinski definition) is 3. The summed E-state index contributed by atoms with van der Waals surface area (Å²) in [5.74, 6) is 0.305. The molecule has 0 bridgehead atoms. The van der Waals surface area contributed by atoms with Crippen LogP contribution in [0, 0.1) is 6.92 Å². The summed E-state index contributed by atoms with van der Waals surface area (Å²) in [6, 6.07) is 8.57. The predicted octanol–water partition coefficient (Wildman–Crippen LogP) is 2.96. The molecule has 4 heteroatoms. The summed E-state index contributed by atoms with van der Waals surface area (Å²) in [7, 11) is 1.95. The third kappa shape index (κ3) is 3.36. The van der Waals surface area contributed by atoms with Gasteiger partial charge in [0.05, 0.1) is 5.25 Å². The fraction of sp³-hybridized carbons (Fsp3) is 0.562. The third-order valence-electron chi connectivity index (χ3n) is 3.69. The van der Waals surface area contributed by atoms with Gasteiger partial charge in [-0.05, 0) is 38.9 Å². The van der Waals surface area contributed by atoms with Gasteiger partial charge in [0.15, 0.2) is 0 Å². The molecule has 1 heterocycles.